The maximum absolute atomic E-state index is 12.4. The molecule has 0 bridgehead atoms. The fraction of sp³-hybridized carbons (Fsp3) is 0.360. The van der Waals surface area contributed by atoms with E-state index in [2.05, 4.69) is 4.72 Å². The Bertz CT molecular complexity index is 1290. The van der Waals surface area contributed by atoms with E-state index in [0.717, 1.165) is 16.7 Å². The standard InChI is InChI=1S/C25H29NO6S/c1-4-19-16-24(28)32-22-15-18(3)14-21(25(19)22)31-23(27)8-6-5-7-13-26-33(29,30)20-11-9-17(2)10-12-20/h9-12,14-16,26H,4-8,13H2,1-3H3. The first-order valence-corrected chi connectivity index (χ1v) is 12.5. The van der Waals surface area contributed by atoms with Crippen LogP contribution in [0.4, 0.5) is 0 Å². The van der Waals surface area contributed by atoms with Gasteiger partial charge < -0.3 is 9.15 Å². The molecule has 7 nitrogen and oxygen atoms in total. The summed E-state index contributed by atoms with van der Waals surface area (Å²) in [4.78, 5) is 24.4. The Balaban J connectivity index is 1.51. The lowest BCUT2D eigenvalue weighted by Gasteiger charge is -2.11. The van der Waals surface area contributed by atoms with Crippen LogP contribution >= 0.6 is 0 Å². The van der Waals surface area contributed by atoms with E-state index in [1.807, 2.05) is 20.8 Å². The van der Waals surface area contributed by atoms with Gasteiger partial charge in [0.1, 0.15) is 11.3 Å². The molecule has 8 heteroatoms. The van der Waals surface area contributed by atoms with E-state index in [9.17, 15) is 18.0 Å². The molecule has 1 heterocycles. The van der Waals surface area contributed by atoms with Crippen molar-refractivity contribution >= 4 is 27.0 Å². The second kappa shape index (κ2) is 10.8. The zero-order valence-electron chi connectivity index (χ0n) is 19.1. The van der Waals surface area contributed by atoms with Crippen LogP contribution in [0.1, 0.15) is 49.3 Å². The molecule has 0 fully saturated rings. The molecule has 0 aliphatic rings. The van der Waals surface area contributed by atoms with Gasteiger partial charge in [-0.2, -0.15) is 0 Å². The quantitative estimate of drug-likeness (QED) is 0.203. The molecule has 0 saturated carbocycles. The lowest BCUT2D eigenvalue weighted by Crippen LogP contribution is -2.24. The van der Waals surface area contributed by atoms with Crippen LogP contribution in [0.5, 0.6) is 5.75 Å². The summed E-state index contributed by atoms with van der Waals surface area (Å²) < 4.78 is 38.1. The van der Waals surface area contributed by atoms with E-state index >= 15 is 0 Å². The second-order valence-electron chi connectivity index (χ2n) is 8.08. The number of nitrogens with one attached hydrogen (secondary N) is 1. The van der Waals surface area contributed by atoms with Gasteiger partial charge in [0.05, 0.1) is 10.3 Å². The van der Waals surface area contributed by atoms with Crippen molar-refractivity contribution in [1.82, 2.24) is 4.72 Å². The summed E-state index contributed by atoms with van der Waals surface area (Å²) in [5.41, 5.74) is 2.56. The molecule has 0 unspecified atom stereocenters. The highest BCUT2D eigenvalue weighted by Gasteiger charge is 2.15. The van der Waals surface area contributed by atoms with Crippen LogP contribution in [0.15, 0.2) is 56.6 Å². The van der Waals surface area contributed by atoms with E-state index in [1.54, 1.807) is 36.4 Å². The van der Waals surface area contributed by atoms with Gasteiger partial charge in [-0.3, -0.25) is 4.79 Å². The number of ether oxygens (including phenoxy) is 1. The number of carbonyl (C=O) groups is 1. The number of hydrogen-bond donors (Lipinski definition) is 1. The average Bonchev–Trinajstić information content (AvgIpc) is 2.75. The number of carbonyl (C=O) groups excluding carboxylic acids is 1. The number of esters is 1. The maximum Gasteiger partial charge on any atom is 0.336 e. The average molecular weight is 472 g/mol. The Morgan fingerprint density at radius 1 is 1.00 bits per heavy atom. The smallest absolute Gasteiger partial charge is 0.336 e. The van der Waals surface area contributed by atoms with Crippen molar-refractivity contribution in [2.45, 2.75) is 57.8 Å². The van der Waals surface area contributed by atoms with Gasteiger partial charge in [0.25, 0.3) is 0 Å². The fourth-order valence-electron chi connectivity index (χ4n) is 3.58. The van der Waals surface area contributed by atoms with Gasteiger partial charge in [-0.15, -0.1) is 0 Å². The summed E-state index contributed by atoms with van der Waals surface area (Å²) in [5, 5.41) is 0.640. The number of rotatable bonds is 10. The lowest BCUT2D eigenvalue weighted by atomic mass is 10.0. The van der Waals surface area contributed by atoms with Gasteiger partial charge in [-0.25, -0.2) is 17.9 Å². The second-order valence-corrected chi connectivity index (χ2v) is 9.84. The van der Waals surface area contributed by atoms with E-state index in [0.29, 0.717) is 48.9 Å². The molecule has 0 spiro atoms. The molecule has 2 aromatic carbocycles. The van der Waals surface area contributed by atoms with Crippen molar-refractivity contribution in [3.05, 3.63) is 69.6 Å². The predicted octanol–water partition coefficient (Wildman–Crippen LogP) is 4.42. The molecular formula is C25H29NO6S. The molecule has 0 aliphatic heterocycles. The number of unbranched alkanes of at least 4 members (excludes halogenated alkanes) is 2. The molecule has 0 saturated heterocycles. The number of benzene rings is 2. The summed E-state index contributed by atoms with van der Waals surface area (Å²) in [6.07, 6.45) is 2.67. The molecule has 1 aromatic heterocycles. The van der Waals surface area contributed by atoms with Crippen LogP contribution in [0.3, 0.4) is 0 Å². The Morgan fingerprint density at radius 3 is 2.42 bits per heavy atom. The lowest BCUT2D eigenvalue weighted by molar-refractivity contribution is -0.134. The van der Waals surface area contributed by atoms with Crippen molar-refractivity contribution in [2.24, 2.45) is 0 Å². The van der Waals surface area contributed by atoms with Crippen molar-refractivity contribution in [3.63, 3.8) is 0 Å². The van der Waals surface area contributed by atoms with E-state index in [-0.39, 0.29) is 17.3 Å². The topological polar surface area (TPSA) is 103 Å². The highest BCUT2D eigenvalue weighted by atomic mass is 32.2. The first-order valence-electron chi connectivity index (χ1n) is 11.0. The minimum atomic E-state index is -3.53. The van der Waals surface area contributed by atoms with Crippen LogP contribution in [0, 0.1) is 13.8 Å². The highest BCUT2D eigenvalue weighted by Crippen LogP contribution is 2.30. The molecule has 1 N–H and O–H groups in total. The molecular weight excluding hydrogens is 442 g/mol. The number of fused-ring (bicyclic) bond motifs is 1. The highest BCUT2D eigenvalue weighted by molar-refractivity contribution is 7.89. The van der Waals surface area contributed by atoms with Gasteiger partial charge >= 0.3 is 11.6 Å². The first kappa shape index (κ1) is 24.7. The molecule has 0 radical (unpaired) electrons. The Hall–Kier alpha value is -2.97. The number of aryl methyl sites for hydroxylation is 3. The molecule has 0 atom stereocenters. The van der Waals surface area contributed by atoms with E-state index in [4.69, 9.17) is 9.15 Å². The van der Waals surface area contributed by atoms with Crippen LogP contribution in [-0.4, -0.2) is 20.9 Å². The van der Waals surface area contributed by atoms with Gasteiger partial charge in [0.2, 0.25) is 10.0 Å². The SMILES string of the molecule is CCc1cc(=O)oc2cc(C)cc(OC(=O)CCCCCNS(=O)(=O)c3ccc(C)cc3)c12. The largest absolute Gasteiger partial charge is 0.426 e. The zero-order valence-corrected chi connectivity index (χ0v) is 20.0. The van der Waals surface area contributed by atoms with Crippen molar-refractivity contribution < 1.29 is 22.4 Å². The molecule has 0 aliphatic carbocycles. The molecule has 176 valence electrons. The predicted molar refractivity (Wildman–Crippen MR) is 127 cm³/mol. The van der Waals surface area contributed by atoms with Gasteiger partial charge in [0, 0.05) is 19.0 Å². The van der Waals surface area contributed by atoms with Crippen molar-refractivity contribution in [1.29, 1.82) is 0 Å². The third kappa shape index (κ3) is 6.52. The molecule has 0 amide bonds. The molecule has 33 heavy (non-hydrogen) atoms. The zero-order chi connectivity index (χ0) is 24.0. The number of sulfonamides is 1. The summed E-state index contributed by atoms with van der Waals surface area (Å²) in [5.74, 6) is 0.0110. The van der Waals surface area contributed by atoms with E-state index in [1.165, 1.54) is 6.07 Å². The molecule has 3 rings (SSSR count). The minimum absolute atomic E-state index is 0.207. The third-order valence-electron chi connectivity index (χ3n) is 5.32. The Labute approximate surface area is 193 Å². The van der Waals surface area contributed by atoms with E-state index < -0.39 is 15.6 Å². The fourth-order valence-corrected chi connectivity index (χ4v) is 4.66. The van der Waals surface area contributed by atoms with Crippen molar-refractivity contribution in [3.8, 4) is 5.75 Å². The third-order valence-corrected chi connectivity index (χ3v) is 6.80. The van der Waals surface area contributed by atoms with Gasteiger partial charge in [0.15, 0.2) is 0 Å². The van der Waals surface area contributed by atoms with Crippen molar-refractivity contribution in [2.75, 3.05) is 6.54 Å². The van der Waals surface area contributed by atoms with Crippen LogP contribution in [0.2, 0.25) is 0 Å². The first-order chi connectivity index (χ1) is 15.7. The van der Waals surface area contributed by atoms with Crippen LogP contribution in [0.25, 0.3) is 11.0 Å². The normalized spacial score (nSPS) is 11.6. The summed E-state index contributed by atoms with van der Waals surface area (Å²) >= 11 is 0. The summed E-state index contributed by atoms with van der Waals surface area (Å²) in [7, 11) is -3.53. The molecule has 3 aromatic rings. The Kier molecular flexibility index (Phi) is 8.05. The monoisotopic (exact) mass is 471 g/mol. The summed E-state index contributed by atoms with van der Waals surface area (Å²) in [6.45, 7) is 5.96. The van der Waals surface area contributed by atoms with Crippen LogP contribution in [-0.2, 0) is 21.2 Å². The minimum Gasteiger partial charge on any atom is -0.426 e. The summed E-state index contributed by atoms with van der Waals surface area (Å²) in [6, 6.07) is 11.6. The Morgan fingerprint density at radius 2 is 1.73 bits per heavy atom. The van der Waals surface area contributed by atoms with Gasteiger partial charge in [-0.05, 0) is 68.5 Å². The maximum atomic E-state index is 12.4. The number of hydrogen-bond acceptors (Lipinski definition) is 6. The van der Waals surface area contributed by atoms with Gasteiger partial charge in [-0.1, -0.05) is 31.0 Å². The van der Waals surface area contributed by atoms with Crippen LogP contribution < -0.4 is 15.1 Å².